The molecule has 1 atom stereocenters. The van der Waals surface area contributed by atoms with Crippen molar-refractivity contribution in [2.24, 2.45) is 5.73 Å². The zero-order valence-corrected chi connectivity index (χ0v) is 13.1. The van der Waals surface area contributed by atoms with E-state index in [1.54, 1.807) is 0 Å². The van der Waals surface area contributed by atoms with E-state index in [1.165, 1.54) is 11.1 Å². The van der Waals surface area contributed by atoms with Crippen LogP contribution in [-0.4, -0.2) is 71.2 Å². The molecule has 3 amide bonds. The Kier molecular flexibility index (Phi) is 5.88. The maximum Gasteiger partial charge on any atom is 0.288 e. The van der Waals surface area contributed by atoms with Crippen molar-refractivity contribution in [1.82, 2.24) is 15.2 Å². The van der Waals surface area contributed by atoms with Crippen molar-refractivity contribution in [2.75, 3.05) is 32.8 Å². The van der Waals surface area contributed by atoms with E-state index in [2.05, 4.69) is 10.3 Å². The van der Waals surface area contributed by atoms with Crippen molar-refractivity contribution in [2.45, 2.75) is 18.4 Å². The summed E-state index contributed by atoms with van der Waals surface area (Å²) in [6.45, 7) is 0.341. The molecule has 0 aromatic carbocycles. The van der Waals surface area contributed by atoms with Crippen LogP contribution in [0.2, 0.25) is 0 Å². The van der Waals surface area contributed by atoms with Gasteiger partial charge in [0.05, 0.1) is 32.5 Å². The number of ether oxygens (including phenoxy) is 1. The number of primary amides is 1. The molecule has 10 nitrogen and oxygen atoms in total. The number of nitrogens with one attached hydrogen (secondary N) is 1. The smallest absolute Gasteiger partial charge is 0.288 e. The molecular weight excluding hydrogens is 320 g/mol. The number of rotatable bonds is 6. The minimum absolute atomic E-state index is 0.0162. The van der Waals surface area contributed by atoms with Crippen LogP contribution in [0.5, 0.6) is 0 Å². The van der Waals surface area contributed by atoms with Crippen molar-refractivity contribution in [3.8, 4) is 0 Å². The first-order chi connectivity index (χ1) is 11.4. The highest BCUT2D eigenvalue weighted by Gasteiger charge is 2.35. The average Bonchev–Trinajstić information content (AvgIpc) is 3.01. The zero-order chi connectivity index (χ0) is 17.6. The topological polar surface area (TPSA) is 148 Å². The second-order valence-corrected chi connectivity index (χ2v) is 5.61. The van der Waals surface area contributed by atoms with Crippen LogP contribution >= 0.6 is 0 Å². The molecule has 1 aliphatic rings. The molecule has 0 radical (unpaired) electrons. The van der Waals surface area contributed by atoms with Crippen molar-refractivity contribution in [1.29, 1.82) is 0 Å². The van der Waals surface area contributed by atoms with Gasteiger partial charge in [-0.25, -0.2) is 4.98 Å². The van der Waals surface area contributed by atoms with Gasteiger partial charge in [0.25, 0.3) is 5.91 Å². The fraction of sp³-hybridized carbons (Fsp3) is 0.571. The zero-order valence-electron chi connectivity index (χ0n) is 13.1. The Bertz CT molecular complexity index is 590. The van der Waals surface area contributed by atoms with E-state index in [1.807, 2.05) is 0 Å². The molecule has 10 heteroatoms. The van der Waals surface area contributed by atoms with Crippen LogP contribution in [0.3, 0.4) is 0 Å². The highest BCUT2D eigenvalue weighted by Crippen LogP contribution is 2.13. The van der Waals surface area contributed by atoms with Crippen LogP contribution in [-0.2, 0) is 14.3 Å². The lowest BCUT2D eigenvalue weighted by Crippen LogP contribution is -2.53. The van der Waals surface area contributed by atoms with Crippen LogP contribution < -0.4 is 11.1 Å². The fourth-order valence-electron chi connectivity index (χ4n) is 2.28. The fourth-order valence-corrected chi connectivity index (χ4v) is 2.28. The predicted molar refractivity (Wildman–Crippen MR) is 79.6 cm³/mol. The minimum Gasteiger partial charge on any atom is -0.438 e. The van der Waals surface area contributed by atoms with E-state index in [0.29, 0.717) is 0 Å². The Balaban J connectivity index is 1.93. The van der Waals surface area contributed by atoms with E-state index in [-0.39, 0.29) is 57.4 Å². The summed E-state index contributed by atoms with van der Waals surface area (Å²) in [6.07, 6.45) is 2.28. The van der Waals surface area contributed by atoms with Gasteiger partial charge in [0.2, 0.25) is 17.6 Å². The second-order valence-electron chi connectivity index (χ2n) is 5.61. The van der Waals surface area contributed by atoms with Crippen LogP contribution in [0.4, 0.5) is 0 Å². The van der Waals surface area contributed by atoms with Crippen molar-refractivity contribution in [3.63, 3.8) is 0 Å². The number of β-amino-alcohol motifs (C(OH)–C–C–N with tert-alkyl or cyclic N) is 1. The van der Waals surface area contributed by atoms with Crippen molar-refractivity contribution >= 4 is 17.7 Å². The molecule has 132 valence electrons. The molecule has 1 fully saturated rings. The Morgan fingerprint density at radius 2 is 2.21 bits per heavy atom. The first-order valence-electron chi connectivity index (χ1n) is 7.42. The third kappa shape index (κ3) is 5.03. The summed E-state index contributed by atoms with van der Waals surface area (Å²) in [6, 6.07) is 0. The maximum absolute atomic E-state index is 12.1. The van der Waals surface area contributed by atoms with Gasteiger partial charge >= 0.3 is 0 Å². The number of nitrogens with two attached hydrogens (primary N) is 1. The van der Waals surface area contributed by atoms with Gasteiger partial charge in [-0.1, -0.05) is 0 Å². The van der Waals surface area contributed by atoms with Crippen molar-refractivity contribution < 1.29 is 28.6 Å². The number of oxazole rings is 1. The lowest BCUT2D eigenvalue weighted by atomic mass is 10.0. The normalized spacial score (nSPS) is 21.1. The third-order valence-electron chi connectivity index (χ3n) is 3.53. The van der Waals surface area contributed by atoms with Gasteiger partial charge in [0, 0.05) is 19.4 Å². The molecule has 2 heterocycles. The molecule has 0 spiro atoms. The highest BCUT2D eigenvalue weighted by atomic mass is 16.5. The number of amides is 3. The van der Waals surface area contributed by atoms with Crippen molar-refractivity contribution in [3.05, 3.63) is 18.4 Å². The largest absolute Gasteiger partial charge is 0.438 e. The van der Waals surface area contributed by atoms with Crippen LogP contribution in [0, 0.1) is 0 Å². The Morgan fingerprint density at radius 1 is 1.42 bits per heavy atom. The molecule has 2 rings (SSSR count). The molecular formula is C14H20N4O6. The number of aromatic nitrogens is 1. The first kappa shape index (κ1) is 17.9. The van der Waals surface area contributed by atoms with Gasteiger partial charge in [-0.3, -0.25) is 14.4 Å². The number of hydrogen-bond acceptors (Lipinski definition) is 7. The van der Waals surface area contributed by atoms with Gasteiger partial charge < -0.3 is 30.2 Å². The summed E-state index contributed by atoms with van der Waals surface area (Å²) >= 11 is 0. The van der Waals surface area contributed by atoms with Gasteiger partial charge in [-0.05, 0) is 0 Å². The summed E-state index contributed by atoms with van der Waals surface area (Å²) < 4.78 is 10.2. The number of hydrogen-bond donors (Lipinski definition) is 3. The van der Waals surface area contributed by atoms with E-state index >= 15 is 0 Å². The molecule has 0 aliphatic carbocycles. The summed E-state index contributed by atoms with van der Waals surface area (Å²) in [5, 5.41) is 13.1. The van der Waals surface area contributed by atoms with Gasteiger partial charge in [0.15, 0.2) is 6.39 Å². The van der Waals surface area contributed by atoms with Gasteiger partial charge in [-0.2, -0.15) is 0 Å². The number of carbonyl (C=O) groups excluding carboxylic acids is 3. The molecule has 1 saturated heterocycles. The second kappa shape index (κ2) is 7.88. The number of aliphatic hydroxyl groups is 1. The van der Waals surface area contributed by atoms with Crippen LogP contribution in [0.15, 0.2) is 17.0 Å². The monoisotopic (exact) mass is 340 g/mol. The molecule has 1 unspecified atom stereocenters. The highest BCUT2D eigenvalue weighted by molar-refractivity contribution is 5.91. The SMILES string of the molecule is NC(=O)CCC(=O)N1CCOCC(O)(CNC(=O)c2cnco2)C1. The number of nitrogens with zero attached hydrogens (tertiary/aromatic N) is 2. The summed E-state index contributed by atoms with van der Waals surface area (Å²) in [5.74, 6) is -1.39. The number of carbonyl (C=O) groups is 3. The molecule has 0 bridgehead atoms. The predicted octanol–water partition coefficient (Wildman–Crippen LogP) is -1.74. The third-order valence-corrected chi connectivity index (χ3v) is 3.53. The Hall–Kier alpha value is -2.46. The summed E-state index contributed by atoms with van der Waals surface area (Å²) in [5.41, 5.74) is 3.59. The first-order valence-corrected chi connectivity index (χ1v) is 7.42. The van der Waals surface area contributed by atoms with E-state index in [4.69, 9.17) is 14.9 Å². The van der Waals surface area contributed by atoms with Gasteiger partial charge in [-0.15, -0.1) is 0 Å². The lowest BCUT2D eigenvalue weighted by Gasteiger charge is -2.30. The molecule has 1 aromatic rings. The quantitative estimate of drug-likeness (QED) is 0.556. The maximum atomic E-state index is 12.1. The average molecular weight is 340 g/mol. The minimum atomic E-state index is -1.45. The van der Waals surface area contributed by atoms with E-state index < -0.39 is 17.4 Å². The molecule has 1 aliphatic heterocycles. The lowest BCUT2D eigenvalue weighted by molar-refractivity contribution is -0.135. The van der Waals surface area contributed by atoms with E-state index in [9.17, 15) is 19.5 Å². The van der Waals surface area contributed by atoms with Gasteiger partial charge in [0.1, 0.15) is 5.60 Å². The van der Waals surface area contributed by atoms with E-state index in [0.717, 1.165) is 6.39 Å². The van der Waals surface area contributed by atoms with Crippen LogP contribution in [0.25, 0.3) is 0 Å². The molecule has 4 N–H and O–H groups in total. The Labute approximate surface area is 137 Å². The molecule has 0 saturated carbocycles. The Morgan fingerprint density at radius 3 is 2.88 bits per heavy atom. The van der Waals surface area contributed by atoms with Crippen LogP contribution in [0.1, 0.15) is 23.4 Å². The summed E-state index contributed by atoms with van der Waals surface area (Å²) in [4.78, 5) is 39.8. The molecule has 1 aromatic heterocycles. The molecule has 24 heavy (non-hydrogen) atoms. The summed E-state index contributed by atoms with van der Waals surface area (Å²) in [7, 11) is 0. The standard InChI is InChI=1S/C14H20N4O6/c15-11(19)1-2-12(20)18-3-4-23-8-14(22,7-18)6-17-13(21)10-5-16-9-24-10/h5,9,22H,1-4,6-8H2,(H2,15,19)(H,17,21).